The Morgan fingerprint density at radius 3 is 2.21 bits per heavy atom. The summed E-state index contributed by atoms with van der Waals surface area (Å²) in [5, 5.41) is 2.97. The number of hydrogen-bond donors (Lipinski definition) is 0. The Balaban J connectivity index is 1.41. The summed E-state index contributed by atoms with van der Waals surface area (Å²) in [5.41, 5.74) is 2.16. The molecule has 0 atom stereocenters. The molecule has 0 spiro atoms. The molecule has 0 saturated carbocycles. The van der Waals surface area contributed by atoms with E-state index >= 15 is 0 Å². The Labute approximate surface area is 198 Å². The van der Waals surface area contributed by atoms with Crippen molar-refractivity contribution in [2.75, 3.05) is 52.4 Å². The number of ether oxygens (including phenoxy) is 3. The van der Waals surface area contributed by atoms with Crippen molar-refractivity contribution in [2.24, 2.45) is 0 Å². The highest BCUT2D eigenvalue weighted by Crippen LogP contribution is 2.32. The average Bonchev–Trinajstić information content (AvgIpc) is 3.32. The number of rotatable bonds is 8. The number of thiazole rings is 1. The minimum Gasteiger partial charge on any atom is -0.497 e. The molecule has 0 aliphatic carbocycles. The van der Waals surface area contributed by atoms with Crippen LogP contribution in [0.1, 0.15) is 11.3 Å². The summed E-state index contributed by atoms with van der Waals surface area (Å²) in [6, 6.07) is 12.7. The maximum Gasteiger partial charge on any atom is 0.246 e. The standard InChI is InChI=1S/C23H27N3O5S2/c1-29-19-6-4-17(5-7-19)14-18-16-32-23(24-18)25-10-12-26(13-11-25)33(27,28)22-9-8-20(30-2)15-21(22)31-3/h4-9,15-16H,10-14H2,1-3H3. The average molecular weight is 490 g/mol. The summed E-state index contributed by atoms with van der Waals surface area (Å²) >= 11 is 1.59. The monoisotopic (exact) mass is 489 g/mol. The minimum absolute atomic E-state index is 0.148. The first kappa shape index (κ1) is 23.3. The third-order valence-corrected chi connectivity index (χ3v) is 8.47. The molecular weight excluding hydrogens is 462 g/mol. The zero-order valence-electron chi connectivity index (χ0n) is 18.9. The molecule has 0 unspecified atom stereocenters. The van der Waals surface area contributed by atoms with Crippen LogP contribution in [0.2, 0.25) is 0 Å². The van der Waals surface area contributed by atoms with Crippen LogP contribution in [0.4, 0.5) is 5.13 Å². The smallest absolute Gasteiger partial charge is 0.246 e. The molecule has 10 heteroatoms. The van der Waals surface area contributed by atoms with Gasteiger partial charge in [-0.3, -0.25) is 0 Å². The summed E-state index contributed by atoms with van der Waals surface area (Å²) < 4.78 is 43.6. The number of anilines is 1. The Bertz CT molecular complexity index is 1190. The van der Waals surface area contributed by atoms with Crippen LogP contribution in [0.5, 0.6) is 17.2 Å². The normalized spacial score (nSPS) is 14.8. The van der Waals surface area contributed by atoms with Gasteiger partial charge in [0.1, 0.15) is 22.1 Å². The van der Waals surface area contributed by atoms with E-state index in [0.29, 0.717) is 31.9 Å². The van der Waals surface area contributed by atoms with E-state index in [4.69, 9.17) is 19.2 Å². The summed E-state index contributed by atoms with van der Waals surface area (Å²) in [5.74, 6) is 1.66. The number of sulfonamides is 1. The van der Waals surface area contributed by atoms with Gasteiger partial charge < -0.3 is 19.1 Å². The molecule has 0 radical (unpaired) electrons. The minimum atomic E-state index is -3.68. The molecule has 176 valence electrons. The number of piperazine rings is 1. The van der Waals surface area contributed by atoms with Crippen LogP contribution in [0, 0.1) is 0 Å². The van der Waals surface area contributed by atoms with Gasteiger partial charge in [0, 0.05) is 44.0 Å². The molecule has 8 nitrogen and oxygen atoms in total. The second kappa shape index (κ2) is 9.98. The predicted molar refractivity (Wildman–Crippen MR) is 128 cm³/mol. The lowest BCUT2D eigenvalue weighted by molar-refractivity contribution is 0.370. The fraction of sp³-hybridized carbons (Fsp3) is 0.348. The highest BCUT2D eigenvalue weighted by molar-refractivity contribution is 7.89. The summed E-state index contributed by atoms with van der Waals surface area (Å²) in [4.78, 5) is 7.06. The van der Waals surface area contributed by atoms with E-state index in [0.717, 1.165) is 28.6 Å². The maximum absolute atomic E-state index is 13.2. The lowest BCUT2D eigenvalue weighted by Gasteiger charge is -2.34. The third kappa shape index (κ3) is 5.07. The lowest BCUT2D eigenvalue weighted by atomic mass is 10.1. The van der Waals surface area contributed by atoms with Gasteiger partial charge in [0.05, 0.1) is 27.0 Å². The predicted octanol–water partition coefficient (Wildman–Crippen LogP) is 3.27. The molecule has 3 aromatic rings. The van der Waals surface area contributed by atoms with E-state index in [2.05, 4.69) is 10.3 Å². The highest BCUT2D eigenvalue weighted by atomic mass is 32.2. The quantitative estimate of drug-likeness (QED) is 0.480. The number of methoxy groups -OCH3 is 3. The molecule has 4 rings (SSSR count). The van der Waals surface area contributed by atoms with Crippen LogP contribution < -0.4 is 19.1 Å². The second-order valence-electron chi connectivity index (χ2n) is 7.55. The molecule has 0 N–H and O–H groups in total. The number of hydrogen-bond acceptors (Lipinski definition) is 8. The van der Waals surface area contributed by atoms with Crippen molar-refractivity contribution in [1.82, 2.24) is 9.29 Å². The first-order valence-electron chi connectivity index (χ1n) is 10.5. The summed E-state index contributed by atoms with van der Waals surface area (Å²) in [6.07, 6.45) is 0.742. The molecule has 0 bridgehead atoms. The van der Waals surface area contributed by atoms with Crippen LogP contribution in [0.3, 0.4) is 0 Å². The zero-order valence-corrected chi connectivity index (χ0v) is 20.5. The van der Waals surface area contributed by atoms with Gasteiger partial charge in [-0.2, -0.15) is 4.31 Å². The second-order valence-corrected chi connectivity index (χ2v) is 10.3. The molecule has 1 aromatic heterocycles. The van der Waals surface area contributed by atoms with E-state index < -0.39 is 10.0 Å². The number of aromatic nitrogens is 1. The number of nitrogens with zero attached hydrogens (tertiary/aromatic N) is 3. The van der Waals surface area contributed by atoms with Crippen molar-refractivity contribution >= 4 is 26.5 Å². The molecular formula is C23H27N3O5S2. The Morgan fingerprint density at radius 1 is 0.909 bits per heavy atom. The van der Waals surface area contributed by atoms with Crippen molar-refractivity contribution in [3.05, 3.63) is 59.1 Å². The molecule has 2 aromatic carbocycles. The fourth-order valence-corrected chi connectivity index (χ4v) is 6.16. The molecule has 33 heavy (non-hydrogen) atoms. The van der Waals surface area contributed by atoms with Gasteiger partial charge in [0.25, 0.3) is 0 Å². The van der Waals surface area contributed by atoms with Crippen molar-refractivity contribution in [3.8, 4) is 17.2 Å². The summed E-state index contributed by atoms with van der Waals surface area (Å²) in [6.45, 7) is 1.91. The molecule has 1 saturated heterocycles. The van der Waals surface area contributed by atoms with E-state index in [1.54, 1.807) is 30.6 Å². The Hall–Kier alpha value is -2.82. The SMILES string of the molecule is COc1ccc(Cc2csc(N3CCN(S(=O)(=O)c4ccc(OC)cc4OC)CC3)n2)cc1. The first-order valence-corrected chi connectivity index (χ1v) is 12.8. The molecule has 2 heterocycles. The van der Waals surface area contributed by atoms with Crippen LogP contribution in [-0.4, -0.2) is 65.2 Å². The van der Waals surface area contributed by atoms with Crippen molar-refractivity contribution in [1.29, 1.82) is 0 Å². The van der Waals surface area contributed by atoms with E-state index in [9.17, 15) is 8.42 Å². The Morgan fingerprint density at radius 2 is 1.58 bits per heavy atom. The van der Waals surface area contributed by atoms with Gasteiger partial charge in [-0.05, 0) is 29.8 Å². The van der Waals surface area contributed by atoms with Crippen molar-refractivity contribution < 1.29 is 22.6 Å². The van der Waals surface area contributed by atoms with Gasteiger partial charge in [0.15, 0.2) is 5.13 Å². The molecule has 1 aliphatic rings. The summed E-state index contributed by atoms with van der Waals surface area (Å²) in [7, 11) is 0.962. The largest absolute Gasteiger partial charge is 0.497 e. The van der Waals surface area contributed by atoms with Crippen LogP contribution >= 0.6 is 11.3 Å². The zero-order chi connectivity index (χ0) is 23.4. The van der Waals surface area contributed by atoms with Crippen molar-refractivity contribution in [2.45, 2.75) is 11.3 Å². The lowest BCUT2D eigenvalue weighted by Crippen LogP contribution is -2.48. The van der Waals surface area contributed by atoms with Gasteiger partial charge in [0.2, 0.25) is 10.0 Å². The Kier molecular flexibility index (Phi) is 7.06. The maximum atomic E-state index is 13.2. The molecule has 1 fully saturated rings. The van der Waals surface area contributed by atoms with Crippen LogP contribution in [-0.2, 0) is 16.4 Å². The van der Waals surface area contributed by atoms with E-state index in [1.165, 1.54) is 24.6 Å². The van der Waals surface area contributed by atoms with Gasteiger partial charge in [-0.15, -0.1) is 11.3 Å². The van der Waals surface area contributed by atoms with Gasteiger partial charge >= 0.3 is 0 Å². The first-order chi connectivity index (χ1) is 15.9. The molecule has 1 aliphatic heterocycles. The molecule has 0 amide bonds. The highest BCUT2D eigenvalue weighted by Gasteiger charge is 2.31. The van der Waals surface area contributed by atoms with Crippen LogP contribution in [0.15, 0.2) is 52.7 Å². The van der Waals surface area contributed by atoms with Gasteiger partial charge in [-0.25, -0.2) is 13.4 Å². The van der Waals surface area contributed by atoms with Gasteiger partial charge in [-0.1, -0.05) is 12.1 Å². The fourth-order valence-electron chi connectivity index (χ4n) is 3.72. The number of benzene rings is 2. The van der Waals surface area contributed by atoms with Crippen LogP contribution in [0.25, 0.3) is 0 Å². The van der Waals surface area contributed by atoms with Crippen molar-refractivity contribution in [3.63, 3.8) is 0 Å². The topological polar surface area (TPSA) is 81.2 Å². The van der Waals surface area contributed by atoms with E-state index in [1.807, 2.05) is 24.3 Å². The third-order valence-electron chi connectivity index (χ3n) is 5.58. The van der Waals surface area contributed by atoms with E-state index in [-0.39, 0.29) is 10.6 Å².